The monoisotopic (exact) mass is 392 g/mol. The summed E-state index contributed by atoms with van der Waals surface area (Å²) in [4.78, 5) is 15.0. The van der Waals surface area contributed by atoms with E-state index in [1.165, 1.54) is 11.1 Å². The van der Waals surface area contributed by atoms with Gasteiger partial charge in [0.05, 0.1) is 20.3 Å². The van der Waals surface area contributed by atoms with E-state index in [0.29, 0.717) is 23.0 Å². The van der Waals surface area contributed by atoms with Crippen LogP contribution in [0, 0.1) is 6.92 Å². The van der Waals surface area contributed by atoms with Crippen LogP contribution in [0.2, 0.25) is 0 Å². The van der Waals surface area contributed by atoms with E-state index < -0.39 is 0 Å². The van der Waals surface area contributed by atoms with Crippen molar-refractivity contribution in [3.63, 3.8) is 0 Å². The van der Waals surface area contributed by atoms with Crippen molar-refractivity contribution in [2.24, 2.45) is 0 Å². The lowest BCUT2D eigenvalue weighted by molar-refractivity contribution is 0.0725. The minimum atomic E-state index is -0.107. The normalized spacial score (nSPS) is 16.1. The van der Waals surface area contributed by atoms with Gasteiger partial charge in [-0.15, -0.1) is 0 Å². The molecule has 0 saturated carbocycles. The van der Waals surface area contributed by atoms with Crippen LogP contribution in [-0.4, -0.2) is 36.7 Å². The number of nitrogens with zero attached hydrogens (tertiary/aromatic N) is 2. The van der Waals surface area contributed by atoms with Crippen molar-refractivity contribution in [1.82, 2.24) is 10.1 Å². The van der Waals surface area contributed by atoms with Gasteiger partial charge in [-0.25, -0.2) is 0 Å². The number of likely N-dealkylation sites (tertiary alicyclic amines) is 1. The van der Waals surface area contributed by atoms with Crippen LogP contribution in [0.1, 0.15) is 40.5 Å². The maximum Gasteiger partial charge on any atom is 0.276 e. The van der Waals surface area contributed by atoms with Gasteiger partial charge in [0.25, 0.3) is 5.91 Å². The van der Waals surface area contributed by atoms with E-state index in [1.54, 1.807) is 32.4 Å². The Morgan fingerprint density at radius 3 is 2.69 bits per heavy atom. The maximum atomic E-state index is 13.1. The Balaban J connectivity index is 1.58. The third-order valence-electron chi connectivity index (χ3n) is 5.34. The van der Waals surface area contributed by atoms with Crippen LogP contribution in [0.4, 0.5) is 0 Å². The smallest absolute Gasteiger partial charge is 0.276 e. The average Bonchev–Trinajstić information content (AvgIpc) is 3.42. The van der Waals surface area contributed by atoms with Gasteiger partial charge in [0.2, 0.25) is 0 Å². The molecule has 4 rings (SSSR count). The van der Waals surface area contributed by atoms with Gasteiger partial charge in [-0.2, -0.15) is 0 Å². The summed E-state index contributed by atoms with van der Waals surface area (Å²) < 4.78 is 16.1. The second-order valence-electron chi connectivity index (χ2n) is 7.22. The molecule has 0 aliphatic carbocycles. The average molecular weight is 392 g/mol. The zero-order valence-corrected chi connectivity index (χ0v) is 16.8. The lowest BCUT2D eigenvalue weighted by Gasteiger charge is -2.24. The fraction of sp³-hybridized carbons (Fsp3) is 0.304. The van der Waals surface area contributed by atoms with Gasteiger partial charge in [-0.1, -0.05) is 35.0 Å². The van der Waals surface area contributed by atoms with Crippen molar-refractivity contribution in [3.05, 3.63) is 65.4 Å². The number of hydrogen-bond donors (Lipinski definition) is 0. The first-order valence-corrected chi connectivity index (χ1v) is 9.67. The zero-order chi connectivity index (χ0) is 20.4. The lowest BCUT2D eigenvalue weighted by atomic mass is 10.0. The third kappa shape index (κ3) is 3.70. The number of amides is 1. The number of aryl methyl sites for hydroxylation is 1. The van der Waals surface area contributed by atoms with Crippen LogP contribution in [0.15, 0.2) is 53.1 Å². The predicted octanol–water partition coefficient (Wildman–Crippen LogP) is 4.64. The number of ether oxygens (including phenoxy) is 2. The van der Waals surface area contributed by atoms with Crippen molar-refractivity contribution in [1.29, 1.82) is 0 Å². The van der Waals surface area contributed by atoms with Crippen molar-refractivity contribution in [2.45, 2.75) is 25.8 Å². The predicted molar refractivity (Wildman–Crippen MR) is 109 cm³/mol. The zero-order valence-electron chi connectivity index (χ0n) is 16.8. The van der Waals surface area contributed by atoms with Gasteiger partial charge in [0, 0.05) is 18.2 Å². The molecule has 0 spiro atoms. The van der Waals surface area contributed by atoms with Crippen LogP contribution in [0.3, 0.4) is 0 Å². The number of aromatic nitrogens is 1. The Morgan fingerprint density at radius 2 is 1.93 bits per heavy atom. The maximum absolute atomic E-state index is 13.1. The van der Waals surface area contributed by atoms with Gasteiger partial charge < -0.3 is 18.9 Å². The highest BCUT2D eigenvalue weighted by molar-refractivity contribution is 5.93. The molecule has 1 fully saturated rings. The molecule has 0 N–H and O–H groups in total. The van der Waals surface area contributed by atoms with E-state index in [1.807, 2.05) is 17.0 Å². The Kier molecular flexibility index (Phi) is 5.25. The Bertz CT molecular complexity index is 1030. The fourth-order valence-electron chi connectivity index (χ4n) is 3.88. The molecule has 1 amide bonds. The number of rotatable bonds is 5. The number of carbonyl (C=O) groups is 1. The van der Waals surface area contributed by atoms with Crippen molar-refractivity contribution in [2.75, 3.05) is 20.8 Å². The molecule has 1 atom stereocenters. The minimum absolute atomic E-state index is 0.0728. The summed E-state index contributed by atoms with van der Waals surface area (Å²) in [6, 6.07) is 15.6. The standard InChI is InChI=1S/C23H24N2O4/c1-15-6-4-7-16(12-15)19-8-5-11-25(19)23(26)18-14-21(29-24-18)17-9-10-20(27-2)22(13-17)28-3/h4,6-7,9-10,12-14,19H,5,8,11H2,1-3H3/t19-/m0/s1. The molecule has 6 heteroatoms. The summed E-state index contributed by atoms with van der Waals surface area (Å²) in [5.74, 6) is 1.63. The molecule has 150 valence electrons. The molecule has 1 aliphatic heterocycles. The van der Waals surface area contributed by atoms with Crippen LogP contribution < -0.4 is 9.47 Å². The molecule has 0 radical (unpaired) electrons. The van der Waals surface area contributed by atoms with Crippen molar-refractivity contribution in [3.8, 4) is 22.8 Å². The number of benzene rings is 2. The lowest BCUT2D eigenvalue weighted by Crippen LogP contribution is -2.30. The molecule has 0 unspecified atom stereocenters. The van der Waals surface area contributed by atoms with Gasteiger partial charge in [-0.3, -0.25) is 4.79 Å². The Hall–Kier alpha value is -3.28. The topological polar surface area (TPSA) is 64.8 Å². The number of methoxy groups -OCH3 is 2. The van der Waals surface area contributed by atoms with Gasteiger partial charge in [0.15, 0.2) is 23.0 Å². The molecule has 3 aromatic rings. The molecule has 1 aromatic heterocycles. The van der Waals surface area contributed by atoms with Crippen molar-refractivity contribution >= 4 is 5.91 Å². The fourth-order valence-corrected chi connectivity index (χ4v) is 3.88. The second-order valence-corrected chi connectivity index (χ2v) is 7.22. The number of carbonyl (C=O) groups excluding carboxylic acids is 1. The highest BCUT2D eigenvalue weighted by Gasteiger charge is 2.32. The molecular formula is C23H24N2O4. The summed E-state index contributed by atoms with van der Waals surface area (Å²) in [5, 5.41) is 4.04. The van der Waals surface area contributed by atoms with E-state index in [-0.39, 0.29) is 11.9 Å². The molecular weight excluding hydrogens is 368 g/mol. The summed E-state index contributed by atoms with van der Waals surface area (Å²) in [6.07, 6.45) is 1.93. The molecule has 1 aliphatic rings. The van der Waals surface area contributed by atoms with Crippen LogP contribution in [-0.2, 0) is 0 Å². The first-order chi connectivity index (χ1) is 14.1. The molecule has 6 nitrogen and oxygen atoms in total. The van der Waals surface area contributed by atoms with Gasteiger partial charge >= 0.3 is 0 Å². The first kappa shape index (κ1) is 19.1. The van der Waals surface area contributed by atoms with Gasteiger partial charge in [-0.05, 0) is 43.5 Å². The van der Waals surface area contributed by atoms with E-state index >= 15 is 0 Å². The van der Waals surface area contributed by atoms with Crippen molar-refractivity contribution < 1.29 is 18.8 Å². The van der Waals surface area contributed by atoms with E-state index in [9.17, 15) is 4.79 Å². The second kappa shape index (κ2) is 7.99. The van der Waals surface area contributed by atoms with E-state index in [4.69, 9.17) is 14.0 Å². The summed E-state index contributed by atoms with van der Waals surface area (Å²) in [5.41, 5.74) is 3.44. The quantitative estimate of drug-likeness (QED) is 0.633. The van der Waals surface area contributed by atoms with Gasteiger partial charge in [0.1, 0.15) is 0 Å². The Labute approximate surface area is 170 Å². The highest BCUT2D eigenvalue weighted by atomic mass is 16.5. The largest absolute Gasteiger partial charge is 0.493 e. The SMILES string of the molecule is COc1ccc(-c2cc(C(=O)N3CCC[C@H]3c3cccc(C)c3)no2)cc1OC. The molecule has 29 heavy (non-hydrogen) atoms. The summed E-state index contributed by atoms with van der Waals surface area (Å²) >= 11 is 0. The van der Waals surface area contributed by atoms with Crippen LogP contribution in [0.25, 0.3) is 11.3 Å². The molecule has 2 heterocycles. The minimum Gasteiger partial charge on any atom is -0.493 e. The molecule has 0 bridgehead atoms. The van der Waals surface area contributed by atoms with E-state index in [2.05, 4.69) is 30.3 Å². The third-order valence-corrected chi connectivity index (χ3v) is 5.34. The molecule has 1 saturated heterocycles. The van der Waals surface area contributed by atoms with E-state index in [0.717, 1.165) is 24.9 Å². The number of hydrogen-bond acceptors (Lipinski definition) is 5. The molecule has 2 aromatic carbocycles. The summed E-state index contributed by atoms with van der Waals surface area (Å²) in [6.45, 7) is 2.79. The van der Waals surface area contributed by atoms with Crippen LogP contribution >= 0.6 is 0 Å². The first-order valence-electron chi connectivity index (χ1n) is 9.67. The Morgan fingerprint density at radius 1 is 1.10 bits per heavy atom. The highest BCUT2D eigenvalue weighted by Crippen LogP contribution is 2.35. The van der Waals surface area contributed by atoms with Crippen LogP contribution in [0.5, 0.6) is 11.5 Å². The summed E-state index contributed by atoms with van der Waals surface area (Å²) in [7, 11) is 3.17.